The minimum atomic E-state index is 0.0576. The molecule has 0 aromatic carbocycles. The van der Waals surface area contributed by atoms with Gasteiger partial charge >= 0.3 is 12.0 Å². The summed E-state index contributed by atoms with van der Waals surface area (Å²) in [6.45, 7) is 2.01. The Bertz CT molecular complexity index is 402. The highest BCUT2D eigenvalue weighted by atomic mass is 16.5. The van der Waals surface area contributed by atoms with Gasteiger partial charge in [0.05, 0.1) is 33.5 Å². The Morgan fingerprint density at radius 1 is 1.10 bits per heavy atom. The van der Waals surface area contributed by atoms with Gasteiger partial charge in [-0.15, -0.1) is 4.98 Å². The Labute approximate surface area is 117 Å². The topological polar surface area (TPSA) is 89.8 Å². The number of piperidine rings is 1. The second-order valence-electron chi connectivity index (χ2n) is 4.39. The van der Waals surface area contributed by atoms with Crippen LogP contribution in [0.5, 0.6) is 12.0 Å². The van der Waals surface area contributed by atoms with Crippen LogP contribution in [-0.2, 0) is 4.74 Å². The maximum absolute atomic E-state index is 8.75. The number of methoxy groups -OCH3 is 2. The summed E-state index contributed by atoms with van der Waals surface area (Å²) in [5, 5.41) is 8.75. The molecule has 8 heteroatoms. The summed E-state index contributed by atoms with van der Waals surface area (Å²) in [5.74, 6) is 0.550. The van der Waals surface area contributed by atoms with Crippen molar-refractivity contribution < 1.29 is 19.3 Å². The number of anilines is 1. The molecule has 2 heterocycles. The van der Waals surface area contributed by atoms with Gasteiger partial charge in [-0.25, -0.2) is 0 Å². The first kappa shape index (κ1) is 14.7. The number of hydrogen-bond acceptors (Lipinski definition) is 8. The average Bonchev–Trinajstić information content (AvgIpc) is 2.52. The van der Waals surface area contributed by atoms with E-state index < -0.39 is 0 Å². The summed E-state index contributed by atoms with van der Waals surface area (Å²) in [7, 11) is 3.01. The predicted octanol–water partition coefficient (Wildman–Crippen LogP) is -0.134. The zero-order valence-corrected chi connectivity index (χ0v) is 11.8. The van der Waals surface area contributed by atoms with Crippen molar-refractivity contribution in [2.24, 2.45) is 0 Å². The Kier molecular flexibility index (Phi) is 5.31. The number of nitrogens with zero attached hydrogens (tertiary/aromatic N) is 4. The average molecular weight is 284 g/mol. The van der Waals surface area contributed by atoms with Crippen molar-refractivity contribution in [3.8, 4) is 12.0 Å². The third kappa shape index (κ3) is 3.67. The molecule has 0 bridgehead atoms. The number of aliphatic hydroxyl groups excluding tert-OH is 1. The third-order valence-corrected chi connectivity index (χ3v) is 3.12. The monoisotopic (exact) mass is 284 g/mol. The van der Waals surface area contributed by atoms with Crippen molar-refractivity contribution in [2.75, 3.05) is 45.4 Å². The van der Waals surface area contributed by atoms with E-state index in [1.807, 2.05) is 4.90 Å². The highest BCUT2D eigenvalue weighted by Crippen LogP contribution is 2.21. The van der Waals surface area contributed by atoms with E-state index in [1.54, 1.807) is 0 Å². The molecule has 0 radical (unpaired) electrons. The molecule has 112 valence electrons. The minimum absolute atomic E-state index is 0.0576. The second kappa shape index (κ2) is 7.20. The smallest absolute Gasteiger partial charge is 0.324 e. The summed E-state index contributed by atoms with van der Waals surface area (Å²) in [5.41, 5.74) is 0. The Balaban J connectivity index is 1.99. The van der Waals surface area contributed by atoms with E-state index in [-0.39, 0.29) is 24.7 Å². The first-order valence-electron chi connectivity index (χ1n) is 6.58. The molecule has 20 heavy (non-hydrogen) atoms. The number of hydrogen-bond donors (Lipinski definition) is 1. The fraction of sp³-hybridized carbons (Fsp3) is 0.750. The second-order valence-corrected chi connectivity index (χ2v) is 4.39. The van der Waals surface area contributed by atoms with E-state index in [0.717, 1.165) is 25.9 Å². The van der Waals surface area contributed by atoms with E-state index >= 15 is 0 Å². The number of ether oxygens (including phenoxy) is 3. The third-order valence-electron chi connectivity index (χ3n) is 3.12. The molecule has 1 fully saturated rings. The van der Waals surface area contributed by atoms with Crippen LogP contribution in [0.4, 0.5) is 5.95 Å². The number of rotatable bonds is 6. The van der Waals surface area contributed by atoms with Crippen molar-refractivity contribution in [3.63, 3.8) is 0 Å². The molecule has 1 saturated heterocycles. The van der Waals surface area contributed by atoms with Crippen molar-refractivity contribution in [3.05, 3.63) is 0 Å². The van der Waals surface area contributed by atoms with Crippen LogP contribution in [0.25, 0.3) is 0 Å². The van der Waals surface area contributed by atoms with Crippen LogP contribution in [0.3, 0.4) is 0 Å². The van der Waals surface area contributed by atoms with E-state index in [9.17, 15) is 0 Å². The van der Waals surface area contributed by atoms with Gasteiger partial charge in [0.1, 0.15) is 0 Å². The van der Waals surface area contributed by atoms with Crippen molar-refractivity contribution in [1.82, 2.24) is 15.0 Å². The van der Waals surface area contributed by atoms with Gasteiger partial charge in [0.15, 0.2) is 0 Å². The van der Waals surface area contributed by atoms with Crippen molar-refractivity contribution in [2.45, 2.75) is 18.9 Å². The van der Waals surface area contributed by atoms with E-state index in [2.05, 4.69) is 15.0 Å². The van der Waals surface area contributed by atoms with Crippen LogP contribution in [0.2, 0.25) is 0 Å². The summed E-state index contributed by atoms with van der Waals surface area (Å²) < 4.78 is 15.6. The van der Waals surface area contributed by atoms with Crippen LogP contribution in [-0.4, -0.2) is 66.7 Å². The largest absolute Gasteiger partial charge is 0.467 e. The molecular formula is C12H20N4O4. The van der Waals surface area contributed by atoms with Crippen LogP contribution in [0.15, 0.2) is 0 Å². The highest BCUT2D eigenvalue weighted by molar-refractivity contribution is 5.32. The maximum Gasteiger partial charge on any atom is 0.324 e. The van der Waals surface area contributed by atoms with E-state index in [1.165, 1.54) is 14.2 Å². The molecule has 1 aromatic heterocycles. The molecule has 0 amide bonds. The Morgan fingerprint density at radius 2 is 1.70 bits per heavy atom. The predicted molar refractivity (Wildman–Crippen MR) is 71.2 cm³/mol. The van der Waals surface area contributed by atoms with Gasteiger partial charge in [-0.2, -0.15) is 9.97 Å². The lowest BCUT2D eigenvalue weighted by atomic mass is 10.1. The Hall–Kier alpha value is -1.67. The molecule has 0 spiro atoms. The van der Waals surface area contributed by atoms with E-state index in [4.69, 9.17) is 19.3 Å². The SMILES string of the molecule is COc1nc(OC)nc(N2CCC(OCCO)CC2)n1. The van der Waals surface area contributed by atoms with Crippen LogP contribution in [0, 0.1) is 0 Å². The molecule has 1 aliphatic heterocycles. The van der Waals surface area contributed by atoms with Crippen LogP contribution < -0.4 is 14.4 Å². The lowest BCUT2D eigenvalue weighted by Gasteiger charge is -2.31. The zero-order valence-electron chi connectivity index (χ0n) is 11.8. The molecule has 8 nitrogen and oxygen atoms in total. The van der Waals surface area contributed by atoms with Gasteiger partial charge in [0.25, 0.3) is 0 Å². The van der Waals surface area contributed by atoms with Gasteiger partial charge in [-0.1, -0.05) is 0 Å². The van der Waals surface area contributed by atoms with Crippen LogP contribution >= 0.6 is 0 Å². The summed E-state index contributed by atoms with van der Waals surface area (Å²) >= 11 is 0. The fourth-order valence-corrected chi connectivity index (χ4v) is 2.09. The highest BCUT2D eigenvalue weighted by Gasteiger charge is 2.22. The Morgan fingerprint density at radius 3 is 2.20 bits per heavy atom. The molecule has 2 rings (SSSR count). The molecule has 1 N–H and O–H groups in total. The molecule has 1 aliphatic rings. The number of aromatic nitrogens is 3. The van der Waals surface area contributed by atoms with Gasteiger partial charge in [-0.3, -0.25) is 0 Å². The van der Waals surface area contributed by atoms with Gasteiger partial charge in [0.2, 0.25) is 5.95 Å². The molecule has 0 atom stereocenters. The summed E-state index contributed by atoms with van der Waals surface area (Å²) in [6.07, 6.45) is 1.93. The molecule has 0 saturated carbocycles. The van der Waals surface area contributed by atoms with Crippen molar-refractivity contribution >= 4 is 5.95 Å². The van der Waals surface area contributed by atoms with Gasteiger partial charge in [-0.05, 0) is 12.8 Å². The zero-order chi connectivity index (χ0) is 14.4. The lowest BCUT2D eigenvalue weighted by Crippen LogP contribution is -2.38. The normalized spacial score (nSPS) is 16.2. The van der Waals surface area contributed by atoms with Gasteiger partial charge in [0, 0.05) is 13.1 Å². The maximum atomic E-state index is 8.75. The van der Waals surface area contributed by atoms with E-state index in [0.29, 0.717) is 12.6 Å². The number of aliphatic hydroxyl groups is 1. The first-order chi connectivity index (χ1) is 9.76. The van der Waals surface area contributed by atoms with Crippen LogP contribution in [0.1, 0.15) is 12.8 Å². The van der Waals surface area contributed by atoms with Crippen molar-refractivity contribution in [1.29, 1.82) is 0 Å². The first-order valence-corrected chi connectivity index (χ1v) is 6.58. The molecular weight excluding hydrogens is 264 g/mol. The van der Waals surface area contributed by atoms with Gasteiger partial charge < -0.3 is 24.2 Å². The standard InChI is InChI=1S/C12H20N4O4/c1-18-11-13-10(14-12(15-11)19-2)16-5-3-9(4-6-16)20-8-7-17/h9,17H,3-8H2,1-2H3. The fourth-order valence-electron chi connectivity index (χ4n) is 2.09. The molecule has 0 unspecified atom stereocenters. The quantitative estimate of drug-likeness (QED) is 0.772. The summed E-state index contributed by atoms with van der Waals surface area (Å²) in [6, 6.07) is 0.482. The lowest BCUT2D eigenvalue weighted by molar-refractivity contribution is 0.0157. The minimum Gasteiger partial charge on any atom is -0.467 e. The summed E-state index contributed by atoms with van der Waals surface area (Å²) in [4.78, 5) is 14.5. The molecule has 0 aliphatic carbocycles. The molecule has 1 aromatic rings.